The summed E-state index contributed by atoms with van der Waals surface area (Å²) in [6, 6.07) is 0. The summed E-state index contributed by atoms with van der Waals surface area (Å²) in [4.78, 5) is 26.3. The first-order valence-corrected chi connectivity index (χ1v) is 5.36. The van der Waals surface area contributed by atoms with E-state index in [-0.39, 0.29) is 24.9 Å². The van der Waals surface area contributed by atoms with Crippen LogP contribution in [0.15, 0.2) is 0 Å². The van der Waals surface area contributed by atoms with Gasteiger partial charge in [0.15, 0.2) is 0 Å². The molecule has 0 radical (unpaired) electrons. The number of rotatable bonds is 5. The third-order valence-corrected chi connectivity index (χ3v) is 2.57. The summed E-state index contributed by atoms with van der Waals surface area (Å²) >= 11 is 0. The van der Waals surface area contributed by atoms with E-state index >= 15 is 0 Å². The van der Waals surface area contributed by atoms with E-state index in [0.29, 0.717) is 26.2 Å². The maximum absolute atomic E-state index is 11.7. The Kier molecular flexibility index (Phi) is 5.21. The molecule has 1 rings (SSSR count). The van der Waals surface area contributed by atoms with Gasteiger partial charge >= 0.3 is 0 Å². The van der Waals surface area contributed by atoms with E-state index < -0.39 is 0 Å². The molecule has 0 unspecified atom stereocenters. The average molecular weight is 229 g/mol. The highest BCUT2D eigenvalue weighted by Crippen LogP contribution is 2.00. The number of amides is 2. The van der Waals surface area contributed by atoms with Crippen molar-refractivity contribution < 1.29 is 14.3 Å². The first kappa shape index (κ1) is 12.9. The van der Waals surface area contributed by atoms with Crippen LogP contribution in [-0.2, 0) is 14.3 Å². The predicted molar refractivity (Wildman–Crippen MR) is 59.0 cm³/mol. The van der Waals surface area contributed by atoms with Gasteiger partial charge < -0.3 is 19.9 Å². The number of ether oxygens (including phenoxy) is 1. The van der Waals surface area contributed by atoms with Crippen molar-refractivity contribution in [1.82, 2.24) is 15.1 Å². The number of nitrogens with one attached hydrogen (secondary N) is 1. The second-order valence-electron chi connectivity index (χ2n) is 3.80. The number of nitrogens with zero attached hydrogens (tertiary/aromatic N) is 2. The highest BCUT2D eigenvalue weighted by molar-refractivity contribution is 5.86. The van der Waals surface area contributed by atoms with Crippen molar-refractivity contribution >= 4 is 11.8 Å². The first-order valence-electron chi connectivity index (χ1n) is 5.36. The lowest BCUT2D eigenvalue weighted by atomic mass is 10.3. The van der Waals surface area contributed by atoms with Gasteiger partial charge in [-0.25, -0.2) is 0 Å². The van der Waals surface area contributed by atoms with E-state index in [4.69, 9.17) is 4.74 Å². The predicted octanol–water partition coefficient (Wildman–Crippen LogP) is -1.48. The van der Waals surface area contributed by atoms with Crippen LogP contribution in [0.2, 0.25) is 0 Å². The molecule has 2 amide bonds. The Balaban J connectivity index is 2.24. The number of hydrogen-bond acceptors (Lipinski definition) is 4. The van der Waals surface area contributed by atoms with Gasteiger partial charge in [0.25, 0.3) is 0 Å². The third-order valence-electron chi connectivity index (χ3n) is 2.57. The zero-order valence-electron chi connectivity index (χ0n) is 9.86. The van der Waals surface area contributed by atoms with Crippen LogP contribution in [-0.4, -0.2) is 75.1 Å². The van der Waals surface area contributed by atoms with E-state index in [0.717, 1.165) is 0 Å². The van der Waals surface area contributed by atoms with Gasteiger partial charge in [-0.05, 0) is 0 Å². The molecule has 6 nitrogen and oxygen atoms in total. The van der Waals surface area contributed by atoms with Crippen molar-refractivity contribution in [2.24, 2.45) is 0 Å². The highest BCUT2D eigenvalue weighted by atomic mass is 16.5. The van der Waals surface area contributed by atoms with Gasteiger partial charge in [0, 0.05) is 33.8 Å². The van der Waals surface area contributed by atoms with Gasteiger partial charge in [0.05, 0.1) is 19.7 Å². The quantitative estimate of drug-likeness (QED) is 0.584. The van der Waals surface area contributed by atoms with Crippen LogP contribution in [0, 0.1) is 0 Å². The molecule has 1 aliphatic heterocycles. The Bertz CT molecular complexity index is 258. The molecule has 1 fully saturated rings. The molecule has 1 heterocycles. The molecular weight excluding hydrogens is 210 g/mol. The SMILES string of the molecule is COCCNCC(=O)N1CCN(C)C(=O)C1. The molecule has 6 heteroatoms. The van der Waals surface area contributed by atoms with Crippen molar-refractivity contribution in [2.75, 3.05) is 53.5 Å². The molecule has 0 aromatic heterocycles. The zero-order chi connectivity index (χ0) is 12.0. The number of carbonyl (C=O) groups excluding carboxylic acids is 2. The van der Waals surface area contributed by atoms with Crippen LogP contribution in [0.5, 0.6) is 0 Å². The molecule has 1 N–H and O–H groups in total. The molecule has 1 saturated heterocycles. The van der Waals surface area contributed by atoms with Crippen LogP contribution in [0.1, 0.15) is 0 Å². The van der Waals surface area contributed by atoms with Crippen molar-refractivity contribution in [1.29, 1.82) is 0 Å². The fourth-order valence-corrected chi connectivity index (χ4v) is 1.45. The fourth-order valence-electron chi connectivity index (χ4n) is 1.45. The van der Waals surface area contributed by atoms with Crippen molar-refractivity contribution in [3.8, 4) is 0 Å². The standard InChI is InChI=1S/C10H19N3O3/c1-12-4-5-13(8-10(12)15)9(14)7-11-3-6-16-2/h11H,3-8H2,1-2H3. The van der Waals surface area contributed by atoms with E-state index in [9.17, 15) is 9.59 Å². The minimum absolute atomic E-state index is 0.00325. The second-order valence-corrected chi connectivity index (χ2v) is 3.80. The van der Waals surface area contributed by atoms with Crippen molar-refractivity contribution in [2.45, 2.75) is 0 Å². The summed E-state index contributed by atoms with van der Waals surface area (Å²) in [5.41, 5.74) is 0. The van der Waals surface area contributed by atoms with E-state index in [1.807, 2.05) is 0 Å². The van der Waals surface area contributed by atoms with Gasteiger partial charge in [-0.2, -0.15) is 0 Å². The van der Waals surface area contributed by atoms with E-state index in [1.54, 1.807) is 24.0 Å². The smallest absolute Gasteiger partial charge is 0.241 e. The lowest BCUT2D eigenvalue weighted by molar-refractivity contribution is -0.143. The Hall–Kier alpha value is -1.14. The molecule has 0 atom stereocenters. The van der Waals surface area contributed by atoms with Gasteiger partial charge in [-0.3, -0.25) is 9.59 Å². The molecule has 16 heavy (non-hydrogen) atoms. The largest absolute Gasteiger partial charge is 0.383 e. The maximum Gasteiger partial charge on any atom is 0.241 e. The average Bonchev–Trinajstić information content (AvgIpc) is 2.28. The van der Waals surface area contributed by atoms with Crippen molar-refractivity contribution in [3.05, 3.63) is 0 Å². The van der Waals surface area contributed by atoms with Crippen LogP contribution in [0.25, 0.3) is 0 Å². The maximum atomic E-state index is 11.7. The molecule has 0 spiro atoms. The number of piperazine rings is 1. The topological polar surface area (TPSA) is 61.9 Å². The fraction of sp³-hybridized carbons (Fsp3) is 0.800. The number of carbonyl (C=O) groups is 2. The van der Waals surface area contributed by atoms with Gasteiger partial charge in [0.2, 0.25) is 11.8 Å². The summed E-state index contributed by atoms with van der Waals surface area (Å²) < 4.78 is 4.85. The molecule has 92 valence electrons. The monoisotopic (exact) mass is 229 g/mol. The van der Waals surface area contributed by atoms with Crippen molar-refractivity contribution in [3.63, 3.8) is 0 Å². The second kappa shape index (κ2) is 6.44. The van der Waals surface area contributed by atoms with Gasteiger partial charge in [0.1, 0.15) is 0 Å². The summed E-state index contributed by atoms with van der Waals surface area (Å²) in [5.74, 6) is -0.0333. The minimum atomic E-state index is -0.0300. The summed E-state index contributed by atoms with van der Waals surface area (Å²) in [7, 11) is 3.36. The Morgan fingerprint density at radius 2 is 2.25 bits per heavy atom. The lowest BCUT2D eigenvalue weighted by Crippen LogP contribution is -2.52. The normalized spacial score (nSPS) is 16.8. The minimum Gasteiger partial charge on any atom is -0.383 e. The van der Waals surface area contributed by atoms with E-state index in [1.165, 1.54) is 0 Å². The molecule has 0 aliphatic carbocycles. The first-order chi connectivity index (χ1) is 7.65. The molecular formula is C10H19N3O3. The van der Waals surface area contributed by atoms with Crippen LogP contribution < -0.4 is 5.32 Å². The summed E-state index contributed by atoms with van der Waals surface area (Å²) in [6.07, 6.45) is 0. The number of methoxy groups -OCH3 is 1. The van der Waals surface area contributed by atoms with Gasteiger partial charge in [-0.15, -0.1) is 0 Å². The third kappa shape index (κ3) is 3.79. The van der Waals surface area contributed by atoms with Crippen LogP contribution >= 0.6 is 0 Å². The van der Waals surface area contributed by atoms with Crippen LogP contribution in [0.3, 0.4) is 0 Å². The number of likely N-dealkylation sites (N-methyl/N-ethyl adjacent to an activating group) is 1. The Morgan fingerprint density at radius 1 is 1.50 bits per heavy atom. The summed E-state index contributed by atoms with van der Waals surface area (Å²) in [6.45, 7) is 2.91. The van der Waals surface area contributed by atoms with E-state index in [2.05, 4.69) is 5.32 Å². The molecule has 0 saturated carbocycles. The van der Waals surface area contributed by atoms with Crippen LogP contribution in [0.4, 0.5) is 0 Å². The van der Waals surface area contributed by atoms with Gasteiger partial charge in [-0.1, -0.05) is 0 Å². The number of hydrogen-bond donors (Lipinski definition) is 1. The zero-order valence-corrected chi connectivity index (χ0v) is 9.86. The lowest BCUT2D eigenvalue weighted by Gasteiger charge is -2.32. The highest BCUT2D eigenvalue weighted by Gasteiger charge is 2.24. The molecule has 0 aromatic carbocycles. The molecule has 0 aromatic rings. The summed E-state index contributed by atoms with van der Waals surface area (Å²) in [5, 5.41) is 2.97. The Morgan fingerprint density at radius 3 is 2.88 bits per heavy atom. The molecule has 0 bridgehead atoms. The molecule has 1 aliphatic rings. The Labute approximate surface area is 95.5 Å².